The number of H-pyrrole nitrogens is 1. The lowest BCUT2D eigenvalue weighted by Crippen LogP contribution is -2.54. The molecule has 4 N–H and O–H groups in total. The highest BCUT2D eigenvalue weighted by Crippen LogP contribution is 2.27. The molecular weight excluding hydrogens is 437 g/mol. The molecule has 1 aromatic heterocycles. The highest BCUT2D eigenvalue weighted by atomic mass is 35.5. The summed E-state index contributed by atoms with van der Waals surface area (Å²) in [4.78, 5) is 12.3. The quantitative estimate of drug-likeness (QED) is 0.477. The van der Waals surface area contributed by atoms with Crippen LogP contribution < -0.4 is 20.7 Å². The largest absolute Gasteiger partial charge is 0.497 e. The number of ether oxygens (including phenoxy) is 1. The first-order chi connectivity index (χ1) is 14.2. The van der Waals surface area contributed by atoms with Crippen LogP contribution in [-0.2, 0) is 11.3 Å². The fourth-order valence-electron chi connectivity index (χ4n) is 4.57. The molecule has 2 aliphatic heterocycles. The van der Waals surface area contributed by atoms with Gasteiger partial charge in [-0.1, -0.05) is 0 Å². The Kier molecular flexibility index (Phi) is 10.1. The average molecular weight is 470 g/mol. The van der Waals surface area contributed by atoms with E-state index in [1.54, 1.807) is 13.3 Å². The summed E-state index contributed by atoms with van der Waals surface area (Å²) in [5.41, 5.74) is 2.94. The van der Waals surface area contributed by atoms with Crippen LogP contribution in [0.1, 0.15) is 31.2 Å². The summed E-state index contributed by atoms with van der Waals surface area (Å²) in [6, 6.07) is 8.35. The summed E-state index contributed by atoms with van der Waals surface area (Å²) in [5, 5.41) is 17.5. The number of hydrogen-bond donors (Lipinski definition) is 4. The summed E-state index contributed by atoms with van der Waals surface area (Å²) in [5.74, 6) is 2.41. The van der Waals surface area contributed by atoms with E-state index < -0.39 is 0 Å². The molecule has 0 unspecified atom stereocenters. The van der Waals surface area contributed by atoms with Gasteiger partial charge in [-0.15, -0.1) is 24.8 Å². The Balaban J connectivity index is 0.00000171. The Morgan fingerprint density at radius 2 is 2.00 bits per heavy atom. The molecule has 4 rings (SSSR count). The van der Waals surface area contributed by atoms with Gasteiger partial charge in [-0.05, 0) is 75.0 Å². The van der Waals surface area contributed by atoms with Crippen LogP contribution in [-0.4, -0.2) is 48.9 Å². The lowest BCUT2D eigenvalue weighted by atomic mass is 9.80. The molecule has 0 saturated carbocycles. The first-order valence-electron chi connectivity index (χ1n) is 10.6. The van der Waals surface area contributed by atoms with E-state index in [4.69, 9.17) is 4.74 Å². The molecular formula is C22H33Cl2N5O2. The number of carbonyl (C=O) groups is 1. The average Bonchev–Trinajstić information content (AvgIpc) is 3.23. The molecule has 2 bridgehead atoms. The summed E-state index contributed by atoms with van der Waals surface area (Å²) >= 11 is 0. The monoisotopic (exact) mass is 469 g/mol. The van der Waals surface area contributed by atoms with Gasteiger partial charge in [0.05, 0.1) is 19.0 Å². The number of hydrogen-bond acceptors (Lipinski definition) is 5. The van der Waals surface area contributed by atoms with Crippen molar-refractivity contribution in [1.82, 2.24) is 26.1 Å². The lowest BCUT2D eigenvalue weighted by molar-refractivity contribution is -0.121. The number of nitrogens with one attached hydrogen (secondary N) is 4. The van der Waals surface area contributed by atoms with Crippen molar-refractivity contribution in [2.45, 2.75) is 38.3 Å². The molecule has 0 radical (unpaired) electrons. The third kappa shape index (κ3) is 6.59. The van der Waals surface area contributed by atoms with E-state index in [0.29, 0.717) is 24.9 Å². The summed E-state index contributed by atoms with van der Waals surface area (Å²) in [6.07, 6.45) is 5.65. The fraction of sp³-hybridized carbons (Fsp3) is 0.545. The molecule has 0 spiro atoms. The van der Waals surface area contributed by atoms with E-state index >= 15 is 0 Å². The zero-order chi connectivity index (χ0) is 20.1. The number of nitrogens with zero attached hydrogens (tertiary/aromatic N) is 1. The van der Waals surface area contributed by atoms with Crippen molar-refractivity contribution in [3.8, 4) is 17.0 Å². The molecule has 0 aliphatic carbocycles. The molecule has 1 amide bonds. The number of halogens is 2. The number of aromatic amines is 1. The molecule has 7 nitrogen and oxygen atoms in total. The predicted molar refractivity (Wildman–Crippen MR) is 127 cm³/mol. The van der Waals surface area contributed by atoms with E-state index in [9.17, 15) is 4.79 Å². The van der Waals surface area contributed by atoms with E-state index in [-0.39, 0.29) is 30.7 Å². The van der Waals surface area contributed by atoms with Gasteiger partial charge >= 0.3 is 0 Å². The van der Waals surface area contributed by atoms with Gasteiger partial charge in [0.1, 0.15) is 5.75 Å². The predicted octanol–water partition coefficient (Wildman–Crippen LogP) is 2.91. The van der Waals surface area contributed by atoms with Gasteiger partial charge < -0.3 is 20.7 Å². The standard InChI is InChI=1S/C22H31N5O2.2ClH/c1-29-19-7-5-16(6-8-19)22-18(14-26-27-22)13-25-21(28)4-2-3-20-17-9-15(11-24-20)10-23-12-17;;/h5-8,14-15,17,20,23-24H,2-4,9-13H2,1H3,(H,25,28)(H,26,27);2*1H/t15-,17+,20-;;/m0../s1. The minimum atomic E-state index is 0. The maximum atomic E-state index is 12.3. The number of amides is 1. The van der Waals surface area contributed by atoms with Crippen molar-refractivity contribution < 1.29 is 9.53 Å². The third-order valence-corrected chi connectivity index (χ3v) is 6.20. The van der Waals surface area contributed by atoms with Gasteiger partial charge in [0.15, 0.2) is 0 Å². The zero-order valence-corrected chi connectivity index (χ0v) is 19.5. The first-order valence-corrected chi connectivity index (χ1v) is 10.6. The van der Waals surface area contributed by atoms with Gasteiger partial charge in [-0.2, -0.15) is 5.10 Å². The molecule has 2 fully saturated rings. The van der Waals surface area contributed by atoms with E-state index in [0.717, 1.165) is 61.0 Å². The SMILES string of the molecule is COc1ccc(-c2[nH]ncc2CNC(=O)CCC[C@@H]2NC[C@@H]3CNC[C@H]2C3)cc1.Cl.Cl. The zero-order valence-electron chi connectivity index (χ0n) is 17.9. The Morgan fingerprint density at radius 3 is 2.77 bits per heavy atom. The van der Waals surface area contributed by atoms with Gasteiger partial charge in [0.2, 0.25) is 5.91 Å². The Morgan fingerprint density at radius 1 is 1.19 bits per heavy atom. The van der Waals surface area contributed by atoms with Crippen LogP contribution in [0.15, 0.2) is 30.5 Å². The first kappa shape index (κ1) is 25.5. The van der Waals surface area contributed by atoms with Crippen molar-refractivity contribution in [3.05, 3.63) is 36.0 Å². The molecule has 3 atom stereocenters. The number of rotatable bonds is 8. The molecule has 3 heterocycles. The van der Waals surface area contributed by atoms with Crippen molar-refractivity contribution in [2.75, 3.05) is 26.7 Å². The summed E-state index contributed by atoms with van der Waals surface area (Å²) in [6.45, 7) is 3.84. The molecule has 9 heteroatoms. The van der Waals surface area contributed by atoms with Crippen molar-refractivity contribution >= 4 is 30.7 Å². The minimum absolute atomic E-state index is 0. The van der Waals surface area contributed by atoms with Gasteiger partial charge in [-0.3, -0.25) is 9.89 Å². The number of benzene rings is 1. The number of carbonyl (C=O) groups excluding carboxylic acids is 1. The molecule has 2 aromatic rings. The van der Waals surface area contributed by atoms with Crippen LogP contribution in [0.2, 0.25) is 0 Å². The van der Waals surface area contributed by atoms with E-state index in [1.165, 1.54) is 6.42 Å². The molecule has 1 aromatic carbocycles. The van der Waals surface area contributed by atoms with Crippen molar-refractivity contribution in [3.63, 3.8) is 0 Å². The van der Waals surface area contributed by atoms with Gasteiger partial charge in [-0.25, -0.2) is 0 Å². The number of aromatic nitrogens is 2. The summed E-state index contributed by atoms with van der Waals surface area (Å²) < 4.78 is 5.21. The fourth-order valence-corrected chi connectivity index (χ4v) is 4.57. The highest BCUT2D eigenvalue weighted by Gasteiger charge is 2.32. The van der Waals surface area contributed by atoms with E-state index in [1.807, 2.05) is 24.3 Å². The number of piperidine rings is 2. The van der Waals surface area contributed by atoms with Crippen LogP contribution in [0.5, 0.6) is 5.75 Å². The third-order valence-electron chi connectivity index (χ3n) is 6.20. The van der Waals surface area contributed by atoms with Crippen molar-refractivity contribution in [2.24, 2.45) is 11.8 Å². The second-order valence-electron chi connectivity index (χ2n) is 8.20. The smallest absolute Gasteiger partial charge is 0.220 e. The van der Waals surface area contributed by atoms with Gasteiger partial charge in [0, 0.05) is 30.1 Å². The Labute approximate surface area is 196 Å². The molecule has 2 aliphatic rings. The number of methoxy groups -OCH3 is 1. The molecule has 172 valence electrons. The van der Waals surface area contributed by atoms with Gasteiger partial charge in [0.25, 0.3) is 0 Å². The minimum Gasteiger partial charge on any atom is -0.497 e. The Hall–Kier alpha value is -1.80. The Bertz CT molecular complexity index is 814. The molecule has 31 heavy (non-hydrogen) atoms. The molecule has 2 saturated heterocycles. The second kappa shape index (κ2) is 12.3. The normalized spacial score (nSPS) is 22.0. The van der Waals surface area contributed by atoms with E-state index in [2.05, 4.69) is 26.1 Å². The number of fused-ring (bicyclic) bond motifs is 2. The van der Waals surface area contributed by atoms with Crippen LogP contribution >= 0.6 is 24.8 Å². The lowest BCUT2D eigenvalue weighted by Gasteiger charge is -2.41. The van der Waals surface area contributed by atoms with Crippen LogP contribution in [0.3, 0.4) is 0 Å². The topological polar surface area (TPSA) is 91.1 Å². The van der Waals surface area contributed by atoms with Crippen LogP contribution in [0, 0.1) is 11.8 Å². The maximum Gasteiger partial charge on any atom is 0.220 e. The van der Waals surface area contributed by atoms with Crippen LogP contribution in [0.4, 0.5) is 0 Å². The summed E-state index contributed by atoms with van der Waals surface area (Å²) in [7, 11) is 1.65. The van der Waals surface area contributed by atoms with Crippen LogP contribution in [0.25, 0.3) is 11.3 Å². The second-order valence-corrected chi connectivity index (χ2v) is 8.20. The van der Waals surface area contributed by atoms with Crippen molar-refractivity contribution in [1.29, 1.82) is 0 Å². The maximum absolute atomic E-state index is 12.3. The highest BCUT2D eigenvalue weighted by molar-refractivity contribution is 5.85.